The third-order valence-corrected chi connectivity index (χ3v) is 4.04. The molecule has 0 saturated heterocycles. The molecule has 1 aromatic carbocycles. The van der Waals surface area contributed by atoms with Crippen LogP contribution in [-0.2, 0) is 11.3 Å². The summed E-state index contributed by atoms with van der Waals surface area (Å²) in [7, 11) is 0. The van der Waals surface area contributed by atoms with Crippen LogP contribution < -0.4 is 11.1 Å². The molecule has 1 atom stereocenters. The Balaban J connectivity index is 2.51. The number of benzene rings is 1. The van der Waals surface area contributed by atoms with Crippen molar-refractivity contribution in [2.24, 2.45) is 5.73 Å². The van der Waals surface area contributed by atoms with Crippen molar-refractivity contribution in [2.75, 3.05) is 6.54 Å². The smallest absolute Gasteiger partial charge is 0.230 e. The lowest BCUT2D eigenvalue weighted by atomic mass is 10.2. The lowest BCUT2D eigenvalue weighted by Crippen LogP contribution is -2.24. The minimum Gasteiger partial charge on any atom is -0.369 e. The van der Waals surface area contributed by atoms with Crippen molar-refractivity contribution in [3.63, 3.8) is 0 Å². The van der Waals surface area contributed by atoms with Crippen molar-refractivity contribution >= 4 is 17.7 Å². The highest BCUT2D eigenvalue weighted by molar-refractivity contribution is 8.00. The van der Waals surface area contributed by atoms with Gasteiger partial charge in [-0.3, -0.25) is 4.79 Å². The van der Waals surface area contributed by atoms with Crippen LogP contribution >= 0.6 is 11.8 Å². The van der Waals surface area contributed by atoms with E-state index in [2.05, 4.69) is 36.5 Å². The van der Waals surface area contributed by atoms with E-state index in [1.54, 1.807) is 0 Å². The molecular formula is C14H22N2OS. The molecular weight excluding hydrogens is 244 g/mol. The van der Waals surface area contributed by atoms with Crippen molar-refractivity contribution in [3.05, 3.63) is 29.8 Å². The normalized spacial score (nSPS) is 12.3. The largest absolute Gasteiger partial charge is 0.369 e. The van der Waals surface area contributed by atoms with Crippen LogP contribution in [0.4, 0.5) is 0 Å². The Bertz CT molecular complexity index is 365. The van der Waals surface area contributed by atoms with Crippen molar-refractivity contribution < 1.29 is 4.79 Å². The molecule has 0 radical (unpaired) electrons. The maximum atomic E-state index is 11.2. The molecule has 0 fully saturated rings. The van der Waals surface area contributed by atoms with Crippen LogP contribution in [0.25, 0.3) is 0 Å². The van der Waals surface area contributed by atoms with E-state index in [1.165, 1.54) is 17.3 Å². The molecule has 0 aliphatic heterocycles. The van der Waals surface area contributed by atoms with Crippen LogP contribution in [-0.4, -0.2) is 17.7 Å². The molecule has 0 aliphatic rings. The number of nitrogens with two attached hydrogens (primary N) is 1. The zero-order valence-corrected chi connectivity index (χ0v) is 11.9. The Kier molecular flexibility index (Phi) is 6.83. The highest BCUT2D eigenvalue weighted by Crippen LogP contribution is 2.25. The summed E-state index contributed by atoms with van der Waals surface area (Å²) < 4.78 is 0. The van der Waals surface area contributed by atoms with Gasteiger partial charge in [0.05, 0.1) is 5.25 Å². The molecule has 1 amide bonds. The van der Waals surface area contributed by atoms with E-state index in [0.717, 1.165) is 30.8 Å². The average Bonchev–Trinajstić information content (AvgIpc) is 2.37. The lowest BCUT2D eigenvalue weighted by Gasteiger charge is -2.10. The van der Waals surface area contributed by atoms with E-state index in [4.69, 9.17) is 5.73 Å². The van der Waals surface area contributed by atoms with Crippen molar-refractivity contribution in [3.8, 4) is 0 Å². The summed E-state index contributed by atoms with van der Waals surface area (Å²) in [5.41, 5.74) is 6.60. The number of amides is 1. The van der Waals surface area contributed by atoms with Gasteiger partial charge in [-0.05, 0) is 37.1 Å². The van der Waals surface area contributed by atoms with Gasteiger partial charge < -0.3 is 11.1 Å². The van der Waals surface area contributed by atoms with Crippen molar-refractivity contribution in [1.29, 1.82) is 0 Å². The second kappa shape index (κ2) is 8.16. The summed E-state index contributed by atoms with van der Waals surface area (Å²) in [5.74, 6) is -0.240. The SMILES string of the molecule is CCCNCc1ccc(SC(CC)C(N)=O)cc1. The predicted molar refractivity (Wildman–Crippen MR) is 77.6 cm³/mol. The number of primary amides is 1. The summed E-state index contributed by atoms with van der Waals surface area (Å²) in [6, 6.07) is 8.30. The van der Waals surface area contributed by atoms with Gasteiger partial charge in [0.1, 0.15) is 0 Å². The molecule has 0 saturated carbocycles. The molecule has 3 N–H and O–H groups in total. The first-order valence-electron chi connectivity index (χ1n) is 6.43. The second-order valence-electron chi connectivity index (χ2n) is 4.24. The first-order chi connectivity index (χ1) is 8.67. The van der Waals surface area contributed by atoms with Gasteiger partial charge in [-0.25, -0.2) is 0 Å². The third-order valence-electron chi connectivity index (χ3n) is 2.65. The number of hydrogen-bond donors (Lipinski definition) is 2. The van der Waals surface area contributed by atoms with E-state index in [9.17, 15) is 4.79 Å². The quantitative estimate of drug-likeness (QED) is 0.561. The van der Waals surface area contributed by atoms with Gasteiger partial charge in [0.15, 0.2) is 0 Å². The number of thioether (sulfide) groups is 1. The second-order valence-corrected chi connectivity index (χ2v) is 5.51. The molecule has 0 spiro atoms. The highest BCUT2D eigenvalue weighted by atomic mass is 32.2. The minimum atomic E-state index is -0.240. The molecule has 4 heteroatoms. The fourth-order valence-electron chi connectivity index (χ4n) is 1.60. The van der Waals surface area contributed by atoms with Crippen LogP contribution in [0.15, 0.2) is 29.2 Å². The Morgan fingerprint density at radius 2 is 2.00 bits per heavy atom. The van der Waals surface area contributed by atoms with Gasteiger partial charge in [0, 0.05) is 11.4 Å². The molecule has 1 rings (SSSR count). The fraction of sp³-hybridized carbons (Fsp3) is 0.500. The average molecular weight is 266 g/mol. The number of carbonyl (C=O) groups excluding carboxylic acids is 1. The highest BCUT2D eigenvalue weighted by Gasteiger charge is 2.13. The van der Waals surface area contributed by atoms with Gasteiger partial charge in [-0.1, -0.05) is 26.0 Å². The molecule has 0 aliphatic carbocycles. The minimum absolute atomic E-state index is 0.130. The van der Waals surface area contributed by atoms with Crippen LogP contribution in [0.5, 0.6) is 0 Å². The summed E-state index contributed by atoms with van der Waals surface area (Å²) >= 11 is 1.54. The van der Waals surface area contributed by atoms with Gasteiger partial charge in [-0.2, -0.15) is 0 Å². The molecule has 1 aromatic rings. The lowest BCUT2D eigenvalue weighted by molar-refractivity contribution is -0.117. The number of hydrogen-bond acceptors (Lipinski definition) is 3. The van der Waals surface area contributed by atoms with Gasteiger partial charge in [-0.15, -0.1) is 11.8 Å². The van der Waals surface area contributed by atoms with Crippen LogP contribution in [0, 0.1) is 0 Å². The van der Waals surface area contributed by atoms with E-state index in [-0.39, 0.29) is 11.2 Å². The van der Waals surface area contributed by atoms with E-state index in [0.29, 0.717) is 0 Å². The zero-order valence-electron chi connectivity index (χ0n) is 11.1. The molecule has 0 heterocycles. The Morgan fingerprint density at radius 3 is 2.50 bits per heavy atom. The van der Waals surface area contributed by atoms with Crippen LogP contribution in [0.1, 0.15) is 32.3 Å². The van der Waals surface area contributed by atoms with E-state index >= 15 is 0 Å². The first-order valence-corrected chi connectivity index (χ1v) is 7.31. The van der Waals surface area contributed by atoms with Crippen LogP contribution in [0.2, 0.25) is 0 Å². The maximum absolute atomic E-state index is 11.2. The Morgan fingerprint density at radius 1 is 1.33 bits per heavy atom. The topological polar surface area (TPSA) is 55.1 Å². The molecule has 0 bridgehead atoms. The Labute approximate surface area is 114 Å². The number of nitrogens with one attached hydrogen (secondary N) is 1. The summed E-state index contributed by atoms with van der Waals surface area (Å²) in [4.78, 5) is 12.3. The summed E-state index contributed by atoms with van der Waals surface area (Å²) in [6.07, 6.45) is 1.91. The number of carbonyl (C=O) groups is 1. The maximum Gasteiger partial charge on any atom is 0.230 e. The monoisotopic (exact) mass is 266 g/mol. The first kappa shape index (κ1) is 15.1. The molecule has 0 aromatic heterocycles. The zero-order chi connectivity index (χ0) is 13.4. The summed E-state index contributed by atoms with van der Waals surface area (Å²) in [5, 5.41) is 3.23. The number of rotatable bonds is 8. The van der Waals surface area contributed by atoms with E-state index < -0.39 is 0 Å². The van der Waals surface area contributed by atoms with Crippen LogP contribution in [0.3, 0.4) is 0 Å². The summed E-state index contributed by atoms with van der Waals surface area (Å²) in [6.45, 7) is 6.06. The van der Waals surface area contributed by atoms with Crippen molar-refractivity contribution in [1.82, 2.24) is 5.32 Å². The molecule has 3 nitrogen and oxygen atoms in total. The molecule has 18 heavy (non-hydrogen) atoms. The molecule has 1 unspecified atom stereocenters. The van der Waals surface area contributed by atoms with Gasteiger partial charge >= 0.3 is 0 Å². The third kappa shape index (κ3) is 5.10. The van der Waals surface area contributed by atoms with E-state index in [1.807, 2.05) is 6.92 Å². The van der Waals surface area contributed by atoms with Gasteiger partial charge in [0.25, 0.3) is 0 Å². The predicted octanol–water partition coefficient (Wildman–Crippen LogP) is 2.54. The fourth-order valence-corrected chi connectivity index (χ4v) is 2.51. The van der Waals surface area contributed by atoms with Crippen molar-refractivity contribution in [2.45, 2.75) is 43.4 Å². The Hall–Kier alpha value is -1.00. The standard InChI is InChI=1S/C14H22N2OS/c1-3-9-16-10-11-5-7-12(8-6-11)18-13(4-2)14(15)17/h5-8,13,16H,3-4,9-10H2,1-2H3,(H2,15,17). The van der Waals surface area contributed by atoms with Gasteiger partial charge in [0.2, 0.25) is 5.91 Å². The molecule has 100 valence electrons.